The highest BCUT2D eigenvalue weighted by molar-refractivity contribution is 7.15. The van der Waals surface area contributed by atoms with E-state index in [-0.39, 0.29) is 23.6 Å². The molecule has 0 radical (unpaired) electrons. The Morgan fingerprint density at radius 2 is 1.97 bits per heavy atom. The summed E-state index contributed by atoms with van der Waals surface area (Å²) in [4.78, 5) is 20.3. The van der Waals surface area contributed by atoms with Crippen LogP contribution in [0.1, 0.15) is 39.2 Å². The van der Waals surface area contributed by atoms with Crippen molar-refractivity contribution in [1.29, 1.82) is 0 Å². The third-order valence-corrected chi connectivity index (χ3v) is 6.32. The van der Waals surface area contributed by atoms with E-state index in [1.165, 1.54) is 22.3 Å². The predicted octanol–water partition coefficient (Wildman–Crippen LogP) is 4.35. The molecule has 0 N–H and O–H groups in total. The summed E-state index contributed by atoms with van der Waals surface area (Å²) in [7, 11) is 3.35. The van der Waals surface area contributed by atoms with Gasteiger partial charge in [0.05, 0.1) is 16.3 Å². The summed E-state index contributed by atoms with van der Waals surface area (Å²) in [6.07, 6.45) is -2.08. The van der Waals surface area contributed by atoms with Gasteiger partial charge in [-0.2, -0.15) is 23.4 Å². The zero-order chi connectivity index (χ0) is 23.2. The molecule has 0 bridgehead atoms. The van der Waals surface area contributed by atoms with E-state index >= 15 is 0 Å². The van der Waals surface area contributed by atoms with Crippen molar-refractivity contribution in [2.75, 3.05) is 7.05 Å². The average molecular weight is 463 g/mol. The summed E-state index contributed by atoms with van der Waals surface area (Å²) in [6, 6.07) is 5.90. The van der Waals surface area contributed by atoms with E-state index in [0.717, 1.165) is 28.6 Å². The monoisotopic (exact) mass is 462 g/mol. The van der Waals surface area contributed by atoms with Crippen LogP contribution in [0, 0.1) is 6.92 Å². The van der Waals surface area contributed by atoms with Crippen LogP contribution in [0.3, 0.4) is 0 Å². The highest BCUT2D eigenvalue weighted by Gasteiger charge is 2.36. The lowest BCUT2D eigenvalue weighted by molar-refractivity contribution is -0.142. The zero-order valence-electron chi connectivity index (χ0n) is 17.9. The van der Waals surface area contributed by atoms with Crippen LogP contribution >= 0.6 is 11.3 Å². The van der Waals surface area contributed by atoms with Gasteiger partial charge in [-0.05, 0) is 31.5 Å². The van der Waals surface area contributed by atoms with Gasteiger partial charge in [-0.15, -0.1) is 11.3 Å². The van der Waals surface area contributed by atoms with Crippen LogP contribution in [0.5, 0.6) is 0 Å². The lowest BCUT2D eigenvalue weighted by Crippen LogP contribution is -2.27. The van der Waals surface area contributed by atoms with Crippen molar-refractivity contribution in [2.45, 2.75) is 33.0 Å². The van der Waals surface area contributed by atoms with Crippen LogP contribution in [0.2, 0.25) is 0 Å². The van der Waals surface area contributed by atoms with E-state index in [9.17, 15) is 18.0 Å². The first-order valence-electron chi connectivity index (χ1n) is 9.88. The van der Waals surface area contributed by atoms with E-state index < -0.39 is 17.8 Å². The molecule has 32 heavy (non-hydrogen) atoms. The fraction of sp³-hybridized carbons (Fsp3) is 0.333. The Morgan fingerprint density at radius 3 is 2.56 bits per heavy atom. The van der Waals surface area contributed by atoms with Gasteiger partial charge in [0.2, 0.25) is 0 Å². The fourth-order valence-corrected chi connectivity index (χ4v) is 4.35. The normalized spacial score (nSPS) is 12.0. The summed E-state index contributed by atoms with van der Waals surface area (Å²) in [6.45, 7) is 4.06. The number of fused-ring (bicyclic) bond motifs is 1. The Hall–Kier alpha value is -3.21. The molecule has 0 spiro atoms. The lowest BCUT2D eigenvalue weighted by atomic mass is 10.2. The third kappa shape index (κ3) is 4.12. The Balaban J connectivity index is 1.73. The number of amides is 1. The number of halogens is 3. The topological polar surface area (TPSA) is 68.3 Å². The molecule has 0 saturated heterocycles. The molecule has 0 aromatic carbocycles. The van der Waals surface area contributed by atoms with Crippen molar-refractivity contribution in [3.8, 4) is 10.6 Å². The van der Waals surface area contributed by atoms with Crippen molar-refractivity contribution in [1.82, 2.24) is 29.3 Å². The number of aryl methyl sites for hydroxylation is 3. The Morgan fingerprint density at radius 1 is 1.22 bits per heavy atom. The lowest BCUT2D eigenvalue weighted by Gasteiger charge is -2.15. The molecule has 4 aromatic rings. The zero-order valence-corrected chi connectivity index (χ0v) is 18.8. The molecule has 0 aliphatic carbocycles. The molecular weight excluding hydrogens is 441 g/mol. The summed E-state index contributed by atoms with van der Waals surface area (Å²) in [5, 5.41) is 8.19. The fourth-order valence-electron chi connectivity index (χ4n) is 3.44. The molecule has 168 valence electrons. The molecule has 0 atom stereocenters. The summed E-state index contributed by atoms with van der Waals surface area (Å²) >= 11 is 1.39. The van der Waals surface area contributed by atoms with Gasteiger partial charge in [0.25, 0.3) is 5.91 Å². The number of carbonyl (C=O) groups excluding carboxylic acids is 1. The first kappa shape index (κ1) is 22.0. The van der Waals surface area contributed by atoms with Crippen LogP contribution in [-0.2, 0) is 26.2 Å². The van der Waals surface area contributed by atoms with E-state index in [1.807, 2.05) is 19.9 Å². The molecule has 4 rings (SSSR count). The Labute approximate surface area is 186 Å². The second-order valence-corrected chi connectivity index (χ2v) is 8.69. The van der Waals surface area contributed by atoms with Crippen LogP contribution in [0.25, 0.3) is 16.2 Å². The van der Waals surface area contributed by atoms with E-state index in [4.69, 9.17) is 0 Å². The van der Waals surface area contributed by atoms with Crippen LogP contribution in [0.4, 0.5) is 13.2 Å². The molecule has 0 aliphatic heterocycles. The van der Waals surface area contributed by atoms with Crippen LogP contribution < -0.4 is 0 Å². The van der Waals surface area contributed by atoms with Gasteiger partial charge in [0, 0.05) is 43.3 Å². The van der Waals surface area contributed by atoms with Gasteiger partial charge in [-0.3, -0.25) is 9.48 Å². The maximum absolute atomic E-state index is 13.8. The van der Waals surface area contributed by atoms with E-state index in [2.05, 4.69) is 15.2 Å². The largest absolute Gasteiger partial charge is 0.433 e. The van der Waals surface area contributed by atoms with Gasteiger partial charge in [0.15, 0.2) is 17.0 Å². The second-order valence-electron chi connectivity index (χ2n) is 7.52. The van der Waals surface area contributed by atoms with Gasteiger partial charge < -0.3 is 4.90 Å². The number of aromatic nitrogens is 5. The number of alkyl halides is 3. The first-order valence-corrected chi connectivity index (χ1v) is 10.7. The highest BCUT2D eigenvalue weighted by Crippen LogP contribution is 2.34. The number of hydrogen-bond donors (Lipinski definition) is 0. The maximum atomic E-state index is 13.8. The minimum atomic E-state index is -4.66. The van der Waals surface area contributed by atoms with E-state index in [1.54, 1.807) is 31.0 Å². The Bertz CT molecular complexity index is 1300. The van der Waals surface area contributed by atoms with Crippen LogP contribution in [0.15, 0.2) is 30.5 Å². The number of thiophene rings is 1. The van der Waals surface area contributed by atoms with Crippen molar-refractivity contribution >= 4 is 22.9 Å². The molecular formula is C21H21F3N6OS. The Kier molecular flexibility index (Phi) is 5.53. The third-order valence-electron chi connectivity index (χ3n) is 5.07. The van der Waals surface area contributed by atoms with Gasteiger partial charge >= 0.3 is 6.18 Å². The number of carbonyl (C=O) groups is 1. The average Bonchev–Trinajstić information content (AvgIpc) is 3.44. The minimum absolute atomic E-state index is 0.0319. The summed E-state index contributed by atoms with van der Waals surface area (Å²) < 4.78 is 43.7. The molecule has 11 heteroatoms. The predicted molar refractivity (Wildman–Crippen MR) is 114 cm³/mol. The molecule has 0 saturated carbocycles. The molecule has 7 nitrogen and oxygen atoms in total. The molecule has 0 unspecified atom stereocenters. The number of nitrogens with zero attached hydrogens (tertiary/aromatic N) is 6. The quantitative estimate of drug-likeness (QED) is 0.442. The van der Waals surface area contributed by atoms with Gasteiger partial charge in [-0.25, -0.2) is 9.50 Å². The molecule has 4 heterocycles. The first-order chi connectivity index (χ1) is 15.1. The number of rotatable bonds is 5. The summed E-state index contributed by atoms with van der Waals surface area (Å²) in [5.74, 6) is -0.502. The van der Waals surface area contributed by atoms with Crippen molar-refractivity contribution in [3.05, 3.63) is 58.0 Å². The number of hydrogen-bond acceptors (Lipinski definition) is 5. The highest BCUT2D eigenvalue weighted by atomic mass is 32.1. The standard InChI is InChI=1S/C21H21F3N6OS/c1-5-14-6-7-17(32-14)15-8-18(21(22,23)24)30-19(25-15)9-16(27-30)20(31)28(3)10-13-11-29(4)26-12(13)2/h6-9,11H,5,10H2,1-4H3. The SMILES string of the molecule is CCc1ccc(-c2cc(C(F)(F)F)n3nc(C(=O)N(C)Cc4cn(C)nc4C)cc3n2)s1. The van der Waals surface area contributed by atoms with E-state index in [0.29, 0.717) is 9.39 Å². The van der Waals surface area contributed by atoms with Crippen LogP contribution in [-0.4, -0.2) is 42.2 Å². The van der Waals surface area contributed by atoms with Crippen molar-refractivity contribution < 1.29 is 18.0 Å². The van der Waals surface area contributed by atoms with Gasteiger partial charge in [0.1, 0.15) is 0 Å². The van der Waals surface area contributed by atoms with Crippen molar-refractivity contribution in [2.24, 2.45) is 7.05 Å². The second kappa shape index (κ2) is 8.05. The molecule has 0 aliphatic rings. The molecule has 4 aromatic heterocycles. The van der Waals surface area contributed by atoms with Gasteiger partial charge in [-0.1, -0.05) is 6.92 Å². The molecule has 0 fully saturated rings. The smallest absolute Gasteiger partial charge is 0.336 e. The summed E-state index contributed by atoms with van der Waals surface area (Å²) in [5.41, 5.74) is 0.699. The minimum Gasteiger partial charge on any atom is -0.336 e. The maximum Gasteiger partial charge on any atom is 0.433 e. The molecule has 1 amide bonds. The van der Waals surface area contributed by atoms with Crippen molar-refractivity contribution in [3.63, 3.8) is 0 Å².